The molecule has 0 saturated carbocycles. The number of hydrogen-bond donors (Lipinski definition) is 2. The molecule has 1 rings (SSSR count). The van der Waals surface area contributed by atoms with Gasteiger partial charge in [0, 0.05) is 35.4 Å². The van der Waals surface area contributed by atoms with Crippen LogP contribution in [0.2, 0.25) is 0 Å². The first-order valence-electron chi connectivity index (χ1n) is 5.72. The normalized spacial score (nSPS) is 13.4. The zero-order chi connectivity index (χ0) is 16.0. The number of carboxylic acids is 1. The van der Waals surface area contributed by atoms with Crippen molar-refractivity contribution < 1.29 is 26.9 Å². The number of aliphatic carboxylic acids is 1. The number of nitrogens with one attached hydrogen (secondary N) is 1. The molecule has 0 aliphatic carbocycles. The summed E-state index contributed by atoms with van der Waals surface area (Å²) in [7, 11) is -5.19. The summed E-state index contributed by atoms with van der Waals surface area (Å²) < 4.78 is 50.5. The third kappa shape index (κ3) is 5.74. The lowest BCUT2D eigenvalue weighted by molar-refractivity contribution is -0.131. The molecule has 1 atom stereocenters. The highest BCUT2D eigenvalue weighted by Gasteiger charge is 2.18. The van der Waals surface area contributed by atoms with Crippen molar-refractivity contribution in [2.45, 2.75) is 4.90 Å². The highest BCUT2D eigenvalue weighted by atomic mass is 32.2. The molecule has 0 aromatic heterocycles. The first kappa shape index (κ1) is 17.5. The van der Waals surface area contributed by atoms with E-state index in [1.807, 2.05) is 0 Å². The second kappa shape index (κ2) is 7.43. The first-order chi connectivity index (χ1) is 9.72. The molecule has 0 saturated heterocycles. The molecule has 1 aromatic rings. The minimum absolute atomic E-state index is 0.0639. The molecule has 0 aliphatic rings. The van der Waals surface area contributed by atoms with Crippen molar-refractivity contribution in [3.05, 3.63) is 35.7 Å². The average Bonchev–Trinajstić information content (AvgIpc) is 2.35. The van der Waals surface area contributed by atoms with E-state index in [-0.39, 0.29) is 17.9 Å². The Bertz CT molecular complexity index is 685. The van der Waals surface area contributed by atoms with E-state index < -0.39 is 37.5 Å². The molecule has 2 N–H and O–H groups in total. The van der Waals surface area contributed by atoms with E-state index in [1.54, 1.807) is 0 Å². The Labute approximate surface area is 124 Å². The van der Waals surface area contributed by atoms with E-state index >= 15 is 0 Å². The number of sulfonamides is 1. The number of benzene rings is 1. The van der Waals surface area contributed by atoms with Gasteiger partial charge in [0.2, 0.25) is 10.0 Å². The second-order valence-corrected chi connectivity index (χ2v) is 7.33. The van der Waals surface area contributed by atoms with Crippen LogP contribution in [0.25, 0.3) is 6.08 Å². The van der Waals surface area contributed by atoms with Gasteiger partial charge in [0.15, 0.2) is 0 Å². The molecule has 0 heterocycles. The Hall–Kier alpha value is -1.58. The molecule has 0 aliphatic heterocycles. The summed E-state index contributed by atoms with van der Waals surface area (Å²) in [6, 6.07) is 3.25. The lowest BCUT2D eigenvalue weighted by Crippen LogP contribution is -2.28. The third-order valence-electron chi connectivity index (χ3n) is 2.35. The van der Waals surface area contributed by atoms with Gasteiger partial charge in [-0.15, -0.1) is 0 Å². The number of carboxylic acid groups (broad SMARTS) is 1. The fraction of sp³-hybridized carbons (Fsp3) is 0.250. The molecule has 9 heteroatoms. The minimum atomic E-state index is -4.03. The predicted molar refractivity (Wildman–Crippen MR) is 77.2 cm³/mol. The SMILES string of the molecule is CS(=O)CCNS(=O)(=O)c1ccc(/C=C/C(=O)O)cc1F. The van der Waals surface area contributed by atoms with Gasteiger partial charge in [0.25, 0.3) is 0 Å². The van der Waals surface area contributed by atoms with Crippen LogP contribution in [0.3, 0.4) is 0 Å². The van der Waals surface area contributed by atoms with Crippen molar-refractivity contribution in [3.63, 3.8) is 0 Å². The van der Waals surface area contributed by atoms with E-state index in [0.29, 0.717) is 0 Å². The van der Waals surface area contributed by atoms with Gasteiger partial charge in [-0.1, -0.05) is 6.07 Å². The largest absolute Gasteiger partial charge is 0.478 e. The summed E-state index contributed by atoms with van der Waals surface area (Å²) in [5.41, 5.74) is 0.225. The van der Waals surface area contributed by atoms with Crippen LogP contribution >= 0.6 is 0 Å². The Morgan fingerprint density at radius 3 is 2.67 bits per heavy atom. The van der Waals surface area contributed by atoms with Crippen molar-refractivity contribution in [2.75, 3.05) is 18.6 Å². The first-order valence-corrected chi connectivity index (χ1v) is 8.93. The Kier molecular flexibility index (Phi) is 6.19. The van der Waals surface area contributed by atoms with Crippen LogP contribution in [0.5, 0.6) is 0 Å². The molecular weight excluding hydrogens is 321 g/mol. The molecule has 1 unspecified atom stereocenters. The monoisotopic (exact) mass is 335 g/mol. The van der Waals surface area contributed by atoms with Gasteiger partial charge in [-0.05, 0) is 23.8 Å². The quantitative estimate of drug-likeness (QED) is 0.710. The molecule has 0 radical (unpaired) electrons. The van der Waals surface area contributed by atoms with Crippen LogP contribution in [0.1, 0.15) is 5.56 Å². The van der Waals surface area contributed by atoms with E-state index in [1.165, 1.54) is 12.3 Å². The van der Waals surface area contributed by atoms with Gasteiger partial charge in [-0.2, -0.15) is 0 Å². The van der Waals surface area contributed by atoms with Crippen LogP contribution in [0, 0.1) is 5.82 Å². The van der Waals surface area contributed by atoms with Crippen molar-refractivity contribution in [2.24, 2.45) is 0 Å². The van der Waals surface area contributed by atoms with Gasteiger partial charge in [0.1, 0.15) is 10.7 Å². The topological polar surface area (TPSA) is 101 Å². The lowest BCUT2D eigenvalue weighted by atomic mass is 10.2. The smallest absolute Gasteiger partial charge is 0.328 e. The van der Waals surface area contributed by atoms with Crippen LogP contribution in [-0.2, 0) is 25.6 Å². The summed E-state index contributed by atoms with van der Waals surface area (Å²) in [6.07, 6.45) is 3.39. The van der Waals surface area contributed by atoms with Crippen LogP contribution in [0.4, 0.5) is 4.39 Å². The van der Waals surface area contributed by atoms with Crippen LogP contribution in [-0.4, -0.2) is 42.3 Å². The standard InChI is InChI=1S/C12H14FNO5S2/c1-20(17)7-6-14-21(18,19)11-4-2-9(8-10(11)13)3-5-12(15)16/h2-5,8,14H,6-7H2,1H3,(H,15,16)/b5-3+. The molecular formula is C12H14FNO5S2. The molecule has 0 fully saturated rings. The maximum absolute atomic E-state index is 13.8. The molecule has 6 nitrogen and oxygen atoms in total. The zero-order valence-corrected chi connectivity index (χ0v) is 12.7. The maximum Gasteiger partial charge on any atom is 0.328 e. The molecule has 0 bridgehead atoms. The van der Waals surface area contributed by atoms with Crippen molar-refractivity contribution in [3.8, 4) is 0 Å². The number of halogens is 1. The second-order valence-electron chi connectivity index (χ2n) is 4.04. The van der Waals surface area contributed by atoms with Gasteiger partial charge in [0.05, 0.1) is 0 Å². The zero-order valence-electron chi connectivity index (χ0n) is 11.1. The van der Waals surface area contributed by atoms with Gasteiger partial charge in [-0.25, -0.2) is 22.3 Å². The van der Waals surface area contributed by atoms with Crippen LogP contribution < -0.4 is 4.72 Å². The fourth-order valence-electron chi connectivity index (χ4n) is 1.40. The average molecular weight is 335 g/mol. The van der Waals surface area contributed by atoms with E-state index in [9.17, 15) is 21.8 Å². The minimum Gasteiger partial charge on any atom is -0.478 e. The van der Waals surface area contributed by atoms with Crippen molar-refractivity contribution in [1.29, 1.82) is 0 Å². The van der Waals surface area contributed by atoms with Gasteiger partial charge >= 0.3 is 5.97 Å². The van der Waals surface area contributed by atoms with Crippen molar-refractivity contribution >= 4 is 32.9 Å². The highest BCUT2D eigenvalue weighted by Crippen LogP contribution is 2.16. The maximum atomic E-state index is 13.8. The summed E-state index contributed by atoms with van der Waals surface area (Å²) >= 11 is 0. The Balaban J connectivity index is 2.93. The fourth-order valence-corrected chi connectivity index (χ4v) is 3.01. The van der Waals surface area contributed by atoms with Gasteiger partial charge < -0.3 is 5.11 Å². The molecule has 0 spiro atoms. The summed E-state index contributed by atoms with van der Waals surface area (Å²) in [4.78, 5) is 9.80. The van der Waals surface area contributed by atoms with E-state index in [4.69, 9.17) is 5.11 Å². The van der Waals surface area contributed by atoms with E-state index in [2.05, 4.69) is 4.72 Å². The summed E-state index contributed by atoms with van der Waals surface area (Å²) in [5, 5.41) is 8.46. The Morgan fingerprint density at radius 1 is 1.48 bits per heavy atom. The molecule has 116 valence electrons. The van der Waals surface area contributed by atoms with E-state index in [0.717, 1.165) is 24.3 Å². The Morgan fingerprint density at radius 2 is 2.14 bits per heavy atom. The van der Waals surface area contributed by atoms with Gasteiger partial charge in [-0.3, -0.25) is 4.21 Å². The summed E-state index contributed by atoms with van der Waals surface area (Å²) in [5.74, 6) is -2.06. The molecule has 0 amide bonds. The van der Waals surface area contributed by atoms with Crippen LogP contribution in [0.15, 0.2) is 29.2 Å². The predicted octanol–water partition coefficient (Wildman–Crippen LogP) is 0.580. The molecule has 1 aromatic carbocycles. The number of rotatable bonds is 7. The number of carbonyl (C=O) groups is 1. The highest BCUT2D eigenvalue weighted by molar-refractivity contribution is 7.89. The van der Waals surface area contributed by atoms with Crippen molar-refractivity contribution in [1.82, 2.24) is 4.72 Å². The lowest BCUT2D eigenvalue weighted by Gasteiger charge is -2.07. The molecule has 21 heavy (non-hydrogen) atoms. The summed E-state index contributed by atoms with van der Waals surface area (Å²) in [6.45, 7) is -0.0639. The number of hydrogen-bond acceptors (Lipinski definition) is 4. The third-order valence-corrected chi connectivity index (χ3v) is 4.62.